The van der Waals surface area contributed by atoms with Crippen molar-refractivity contribution < 1.29 is 13.2 Å². The van der Waals surface area contributed by atoms with Crippen LogP contribution >= 0.6 is 0 Å². The number of nitrogens with zero attached hydrogens (tertiary/aromatic N) is 1. The van der Waals surface area contributed by atoms with Gasteiger partial charge < -0.3 is 0 Å². The van der Waals surface area contributed by atoms with E-state index in [4.69, 9.17) is 12.8 Å². The van der Waals surface area contributed by atoms with Gasteiger partial charge in [0.25, 0.3) is 0 Å². The number of hydrogen-bond acceptors (Lipinski definition) is 1. The van der Waals surface area contributed by atoms with Gasteiger partial charge in [0.05, 0.1) is 13.1 Å². The number of alkyl halides is 3. The molecule has 14 heavy (non-hydrogen) atoms. The summed E-state index contributed by atoms with van der Waals surface area (Å²) in [5.74, 6) is 4.03. The molecule has 0 radical (unpaired) electrons. The minimum atomic E-state index is -3.66. The second kappa shape index (κ2) is 4.39. The Morgan fingerprint density at radius 1 is 1.07 bits per heavy atom. The first-order chi connectivity index (χ1) is 6.27. The van der Waals surface area contributed by atoms with E-state index in [1.807, 2.05) is 11.8 Å². The van der Waals surface area contributed by atoms with Crippen molar-refractivity contribution in [1.82, 2.24) is 4.90 Å². The van der Waals surface area contributed by atoms with Crippen LogP contribution in [0.1, 0.15) is 13.8 Å². The van der Waals surface area contributed by atoms with E-state index in [9.17, 15) is 13.2 Å². The van der Waals surface area contributed by atoms with Gasteiger partial charge in [0.2, 0.25) is 0 Å². The quantitative estimate of drug-likeness (QED) is 0.498. The van der Waals surface area contributed by atoms with E-state index in [0.717, 1.165) is 13.8 Å². The minimum absolute atomic E-state index is 0.384. The van der Waals surface area contributed by atoms with Crippen molar-refractivity contribution in [2.75, 3.05) is 13.1 Å². The smallest absolute Gasteiger partial charge is 0.236 e. The Morgan fingerprint density at radius 3 is 1.64 bits per heavy atom. The lowest BCUT2D eigenvalue weighted by Crippen LogP contribution is -2.53. The van der Waals surface area contributed by atoms with E-state index >= 15 is 0 Å². The third kappa shape index (κ3) is 2.68. The van der Waals surface area contributed by atoms with Gasteiger partial charge >= 0.3 is 6.05 Å². The predicted octanol–water partition coefficient (Wildman–Crippen LogP) is 1.90. The second-order valence-corrected chi connectivity index (χ2v) is 3.28. The molecule has 0 saturated carbocycles. The first-order valence-corrected chi connectivity index (χ1v) is 3.96. The van der Waals surface area contributed by atoms with Gasteiger partial charge in [-0.1, -0.05) is 11.8 Å². The van der Waals surface area contributed by atoms with Gasteiger partial charge in [-0.3, -0.25) is 0 Å². The average molecular weight is 203 g/mol. The minimum Gasteiger partial charge on any atom is -0.236 e. The molecule has 0 fully saturated rings. The highest BCUT2D eigenvalue weighted by Gasteiger charge is 2.51. The SMILES string of the molecule is C#CCN(CC#C)C(F)(F)C(C)(C)F. The van der Waals surface area contributed by atoms with Crippen LogP contribution in [0.5, 0.6) is 0 Å². The van der Waals surface area contributed by atoms with Crippen molar-refractivity contribution >= 4 is 0 Å². The van der Waals surface area contributed by atoms with Crippen LogP contribution in [-0.2, 0) is 0 Å². The summed E-state index contributed by atoms with van der Waals surface area (Å²) in [5, 5.41) is 0. The molecule has 0 amide bonds. The van der Waals surface area contributed by atoms with Crippen LogP contribution in [0.4, 0.5) is 13.2 Å². The molecular weight excluding hydrogens is 191 g/mol. The van der Waals surface area contributed by atoms with Crippen molar-refractivity contribution in [2.24, 2.45) is 0 Å². The van der Waals surface area contributed by atoms with E-state index in [0.29, 0.717) is 4.90 Å². The Morgan fingerprint density at radius 2 is 1.43 bits per heavy atom. The number of halogens is 3. The fraction of sp³-hybridized carbons (Fsp3) is 0.600. The lowest BCUT2D eigenvalue weighted by atomic mass is 10.1. The lowest BCUT2D eigenvalue weighted by Gasteiger charge is -2.34. The molecule has 0 aliphatic carbocycles. The van der Waals surface area contributed by atoms with Crippen LogP contribution < -0.4 is 0 Å². The number of hydrogen-bond donors (Lipinski definition) is 0. The molecule has 0 aromatic carbocycles. The van der Waals surface area contributed by atoms with Crippen molar-refractivity contribution in [3.8, 4) is 24.7 Å². The summed E-state index contributed by atoms with van der Waals surface area (Å²) in [6.07, 6.45) is 9.77. The van der Waals surface area contributed by atoms with E-state index in [1.165, 1.54) is 0 Å². The molecule has 0 rings (SSSR count). The molecule has 0 atom stereocenters. The molecule has 0 aliphatic heterocycles. The Hall–Kier alpha value is -1.13. The van der Waals surface area contributed by atoms with Crippen molar-refractivity contribution in [1.29, 1.82) is 0 Å². The van der Waals surface area contributed by atoms with Crippen LogP contribution in [-0.4, -0.2) is 29.7 Å². The third-order valence-electron chi connectivity index (χ3n) is 1.68. The van der Waals surface area contributed by atoms with Crippen LogP contribution in [0.3, 0.4) is 0 Å². The summed E-state index contributed by atoms with van der Waals surface area (Å²) in [5.41, 5.74) is -2.68. The molecule has 0 aromatic rings. The van der Waals surface area contributed by atoms with Crippen LogP contribution in [0.2, 0.25) is 0 Å². The topological polar surface area (TPSA) is 3.24 Å². The van der Waals surface area contributed by atoms with Crippen molar-refractivity contribution in [2.45, 2.75) is 25.6 Å². The van der Waals surface area contributed by atoms with Gasteiger partial charge in [-0.2, -0.15) is 8.78 Å². The number of terminal acetylenes is 2. The molecule has 4 heteroatoms. The first kappa shape index (κ1) is 12.9. The molecule has 0 aromatic heterocycles. The zero-order valence-corrected chi connectivity index (χ0v) is 8.15. The molecule has 0 saturated heterocycles. The molecule has 0 aliphatic rings. The zero-order valence-electron chi connectivity index (χ0n) is 8.15. The van der Waals surface area contributed by atoms with Crippen molar-refractivity contribution in [3.05, 3.63) is 0 Å². The van der Waals surface area contributed by atoms with E-state index in [-0.39, 0.29) is 13.1 Å². The van der Waals surface area contributed by atoms with Gasteiger partial charge in [0.1, 0.15) is 0 Å². The standard InChI is InChI=1S/C10H12F3N/c1-5-7-14(8-6-2)10(12,13)9(3,4)11/h1-2H,7-8H2,3-4H3. The molecule has 0 N–H and O–H groups in total. The largest absolute Gasteiger partial charge is 0.339 e. The lowest BCUT2D eigenvalue weighted by molar-refractivity contribution is -0.217. The van der Waals surface area contributed by atoms with Gasteiger partial charge in [0, 0.05) is 0 Å². The first-order valence-electron chi connectivity index (χ1n) is 3.96. The van der Waals surface area contributed by atoms with Gasteiger partial charge in [-0.15, -0.1) is 12.8 Å². The Labute approximate surface area is 82.3 Å². The molecule has 0 unspecified atom stereocenters. The summed E-state index contributed by atoms with van der Waals surface area (Å²) < 4.78 is 39.8. The maximum atomic E-state index is 13.3. The maximum absolute atomic E-state index is 13.3. The third-order valence-corrected chi connectivity index (χ3v) is 1.68. The Kier molecular flexibility index (Phi) is 4.04. The van der Waals surface area contributed by atoms with Gasteiger partial charge in [-0.05, 0) is 13.8 Å². The summed E-state index contributed by atoms with van der Waals surface area (Å²) in [6.45, 7) is 0.801. The van der Waals surface area contributed by atoms with Crippen LogP contribution in [0.25, 0.3) is 0 Å². The highest BCUT2D eigenvalue weighted by atomic mass is 19.3. The summed E-state index contributed by atoms with van der Waals surface area (Å²) >= 11 is 0. The summed E-state index contributed by atoms with van der Waals surface area (Å²) in [6, 6.07) is -3.66. The monoisotopic (exact) mass is 203 g/mol. The summed E-state index contributed by atoms with van der Waals surface area (Å²) in [4.78, 5) is 0.451. The predicted molar refractivity (Wildman–Crippen MR) is 49.4 cm³/mol. The molecule has 0 bridgehead atoms. The van der Waals surface area contributed by atoms with Gasteiger partial charge in [-0.25, -0.2) is 9.29 Å². The molecule has 1 nitrogen and oxygen atoms in total. The summed E-state index contributed by atoms with van der Waals surface area (Å²) in [7, 11) is 0. The molecule has 0 heterocycles. The van der Waals surface area contributed by atoms with Crippen LogP contribution in [0.15, 0.2) is 0 Å². The second-order valence-electron chi connectivity index (χ2n) is 3.28. The number of rotatable bonds is 4. The molecule has 78 valence electrons. The zero-order chi connectivity index (χ0) is 11.4. The fourth-order valence-electron chi connectivity index (χ4n) is 0.851. The Bertz CT molecular complexity index is 249. The van der Waals surface area contributed by atoms with E-state index in [1.54, 1.807) is 0 Å². The van der Waals surface area contributed by atoms with E-state index < -0.39 is 11.7 Å². The van der Waals surface area contributed by atoms with E-state index in [2.05, 4.69) is 0 Å². The fourth-order valence-corrected chi connectivity index (χ4v) is 0.851. The molecular formula is C10H12F3N. The maximum Gasteiger partial charge on any atom is 0.339 e. The van der Waals surface area contributed by atoms with Crippen LogP contribution in [0, 0.1) is 24.7 Å². The van der Waals surface area contributed by atoms with Crippen molar-refractivity contribution in [3.63, 3.8) is 0 Å². The normalized spacial score (nSPS) is 12.3. The average Bonchev–Trinajstić information content (AvgIpc) is 2.02. The molecule has 0 spiro atoms. The Balaban J connectivity index is 4.83. The highest BCUT2D eigenvalue weighted by Crippen LogP contribution is 2.34. The van der Waals surface area contributed by atoms with Gasteiger partial charge in [0.15, 0.2) is 5.67 Å². The highest BCUT2D eigenvalue weighted by molar-refractivity contribution is 5.00.